The zero-order chi connectivity index (χ0) is 26.1. The van der Waals surface area contributed by atoms with Gasteiger partial charge in [0.1, 0.15) is 23.0 Å². The van der Waals surface area contributed by atoms with Gasteiger partial charge in [0, 0.05) is 12.1 Å². The number of hydrogen-bond acceptors (Lipinski definition) is 11. The van der Waals surface area contributed by atoms with Crippen LogP contribution in [-0.4, -0.2) is 49.8 Å². The Balaban J connectivity index is 0.000000525. The van der Waals surface area contributed by atoms with E-state index in [9.17, 15) is 18.3 Å². The summed E-state index contributed by atoms with van der Waals surface area (Å²) in [7, 11) is -22.6. The third-order valence-corrected chi connectivity index (χ3v) is 7.29. The maximum atomic E-state index is 10.7. The van der Waals surface area contributed by atoms with Gasteiger partial charge in [-0.25, -0.2) is 18.3 Å². The molecule has 0 saturated carbocycles. The van der Waals surface area contributed by atoms with E-state index in [2.05, 4.69) is 12.9 Å². The molecule has 188 valence electrons. The van der Waals surface area contributed by atoms with Crippen molar-refractivity contribution in [1.82, 2.24) is 0 Å². The first-order valence-corrected chi connectivity index (χ1v) is 13.6. The number of hydrogen-bond donors (Lipinski definition) is 10. The minimum atomic E-state index is -5.77. The number of rotatable bonds is 6. The van der Waals surface area contributed by atoms with Crippen LogP contribution < -0.4 is 0 Å². The molecule has 0 amide bonds. The lowest BCUT2D eigenvalue weighted by atomic mass is 10.3. The van der Waals surface area contributed by atoms with Crippen molar-refractivity contribution in [3.8, 4) is 23.0 Å². The summed E-state index contributed by atoms with van der Waals surface area (Å²) in [5.74, 6) is 0.352. The van der Waals surface area contributed by atoms with Crippen molar-refractivity contribution in [2.45, 2.75) is 0 Å². The van der Waals surface area contributed by atoms with Crippen molar-refractivity contribution in [3.05, 3.63) is 48.5 Å². The zero-order valence-electron chi connectivity index (χ0n) is 15.7. The Kier molecular flexibility index (Phi) is 11.9. The molecule has 17 nitrogen and oxygen atoms in total. The van der Waals surface area contributed by atoms with E-state index in [1.54, 1.807) is 12.1 Å². The van der Waals surface area contributed by atoms with Crippen LogP contribution in [0.1, 0.15) is 0 Å². The van der Waals surface area contributed by atoms with E-state index in [4.69, 9.17) is 49.8 Å². The van der Waals surface area contributed by atoms with Gasteiger partial charge >= 0.3 is 31.3 Å². The predicted molar refractivity (Wildman–Crippen MR) is 107 cm³/mol. The van der Waals surface area contributed by atoms with Crippen LogP contribution in [0.3, 0.4) is 0 Å². The Hall–Kier alpha value is -1.80. The summed E-state index contributed by atoms with van der Waals surface area (Å²) in [6.45, 7) is 0. The Morgan fingerprint density at radius 1 is 0.485 bits per heavy atom. The fourth-order valence-electron chi connectivity index (χ4n) is 1.42. The summed E-state index contributed by atoms with van der Waals surface area (Å²) in [4.78, 5) is 49.4. The topological polar surface area (TPSA) is 298 Å². The van der Waals surface area contributed by atoms with Crippen LogP contribution in [0, 0.1) is 0 Å². The van der Waals surface area contributed by atoms with Gasteiger partial charge in [0.25, 0.3) is 0 Å². The van der Waals surface area contributed by atoms with Gasteiger partial charge in [0.2, 0.25) is 0 Å². The first-order valence-electron chi connectivity index (χ1n) is 7.56. The second-order valence-electron chi connectivity index (χ2n) is 5.20. The first kappa shape index (κ1) is 31.2. The van der Waals surface area contributed by atoms with Crippen molar-refractivity contribution in [3.63, 3.8) is 0 Å². The van der Waals surface area contributed by atoms with Crippen LogP contribution in [0.25, 0.3) is 0 Å². The molecule has 2 rings (SSSR count). The molecular weight excluding hydrogens is 540 g/mol. The minimum absolute atomic E-state index is 0.0880. The fraction of sp³-hybridized carbons (Fsp3) is 0. The molecule has 0 aliphatic carbocycles. The number of phosphoric acid groups is 4. The maximum Gasteiger partial charge on any atom is 0.490 e. The molecule has 0 bridgehead atoms. The van der Waals surface area contributed by atoms with Gasteiger partial charge in [-0.1, -0.05) is 12.1 Å². The predicted octanol–water partition coefficient (Wildman–Crippen LogP) is 1.62. The van der Waals surface area contributed by atoms with Crippen molar-refractivity contribution in [1.29, 1.82) is 0 Å². The molecule has 2 aromatic carbocycles. The lowest BCUT2D eigenvalue weighted by Crippen LogP contribution is -1.95. The van der Waals surface area contributed by atoms with E-state index in [1.165, 1.54) is 36.4 Å². The molecule has 2 unspecified atom stereocenters. The molecule has 10 N–H and O–H groups in total. The molecule has 0 aromatic heterocycles. The SMILES string of the molecule is O=P(O)(O)OP(=O)(O)OP(=O)(O)OP(=O)(O)O.Oc1cccc(O)c1.Oc1cccc(O)c1. The second kappa shape index (κ2) is 12.6. The standard InChI is InChI=1S/2C6H6O2.H6O13P4/c2*7-5-2-1-3-6(8)4-5;1-14(2,3)11-16(7,8)13-17(9,10)12-15(4,5)6/h2*1-4,7-8H;(H,7,8)(H,9,10)(H2,1,2,3)(H2,4,5,6). The van der Waals surface area contributed by atoms with Crippen molar-refractivity contribution in [2.75, 3.05) is 0 Å². The monoisotopic (exact) mass is 558 g/mol. The molecule has 21 heteroatoms. The smallest absolute Gasteiger partial charge is 0.490 e. The third-order valence-electron chi connectivity index (χ3n) is 2.28. The lowest BCUT2D eigenvalue weighted by Gasteiger charge is -2.15. The normalized spacial score (nSPS) is 15.0. The number of phenolic OH excluding ortho intramolecular Hbond substituents is 4. The van der Waals surface area contributed by atoms with Gasteiger partial charge in [-0.15, -0.1) is 0 Å². The highest BCUT2D eigenvalue weighted by Crippen LogP contribution is 2.69. The average Bonchev–Trinajstić information content (AvgIpc) is 2.49. The van der Waals surface area contributed by atoms with E-state index >= 15 is 0 Å². The summed E-state index contributed by atoms with van der Waals surface area (Å²) >= 11 is 0. The molecule has 2 atom stereocenters. The summed E-state index contributed by atoms with van der Waals surface area (Å²) in [6.07, 6.45) is 0. The minimum Gasteiger partial charge on any atom is -0.508 e. The van der Waals surface area contributed by atoms with E-state index in [-0.39, 0.29) is 23.0 Å². The highest BCUT2D eigenvalue weighted by atomic mass is 31.3. The van der Waals surface area contributed by atoms with Crippen molar-refractivity contribution >= 4 is 31.3 Å². The van der Waals surface area contributed by atoms with Gasteiger partial charge < -0.3 is 49.8 Å². The summed E-state index contributed by atoms with van der Waals surface area (Å²) in [5, 5.41) is 34.6. The van der Waals surface area contributed by atoms with Crippen LogP contribution in [0.15, 0.2) is 48.5 Å². The van der Waals surface area contributed by atoms with Gasteiger partial charge in [-0.05, 0) is 24.3 Å². The van der Waals surface area contributed by atoms with Crippen LogP contribution in [0.5, 0.6) is 23.0 Å². The quantitative estimate of drug-likeness (QED) is 0.225. The van der Waals surface area contributed by atoms with Crippen molar-refractivity contribution < 1.29 is 81.0 Å². The van der Waals surface area contributed by atoms with Gasteiger partial charge in [-0.3, -0.25) is 0 Å². The summed E-state index contributed by atoms with van der Waals surface area (Å²) < 4.78 is 50.9. The van der Waals surface area contributed by atoms with E-state index in [1.807, 2.05) is 0 Å². The molecule has 2 aromatic rings. The summed E-state index contributed by atoms with van der Waals surface area (Å²) in [5.41, 5.74) is 0. The van der Waals surface area contributed by atoms with Crippen LogP contribution in [-0.2, 0) is 31.2 Å². The molecule has 0 saturated heterocycles. The first-order chi connectivity index (χ1) is 14.7. The van der Waals surface area contributed by atoms with Crippen molar-refractivity contribution in [2.24, 2.45) is 0 Å². The Labute approximate surface area is 184 Å². The zero-order valence-corrected chi connectivity index (χ0v) is 19.3. The lowest BCUT2D eigenvalue weighted by molar-refractivity contribution is 0.193. The number of benzene rings is 2. The molecule has 0 spiro atoms. The molecule has 33 heavy (non-hydrogen) atoms. The van der Waals surface area contributed by atoms with Crippen LogP contribution in [0.2, 0.25) is 0 Å². The highest BCUT2D eigenvalue weighted by Gasteiger charge is 2.43. The molecule has 0 fully saturated rings. The van der Waals surface area contributed by atoms with Crippen LogP contribution in [0.4, 0.5) is 0 Å². The molecule has 0 heterocycles. The largest absolute Gasteiger partial charge is 0.508 e. The third kappa shape index (κ3) is 18.3. The molecule has 0 aliphatic heterocycles. The highest BCUT2D eigenvalue weighted by molar-refractivity contribution is 7.69. The Bertz CT molecular complexity index is 971. The van der Waals surface area contributed by atoms with Gasteiger partial charge in [0.15, 0.2) is 0 Å². The van der Waals surface area contributed by atoms with E-state index < -0.39 is 31.3 Å². The Morgan fingerprint density at radius 2 is 0.727 bits per heavy atom. The molecular formula is C12H18O17P4. The number of aromatic hydroxyl groups is 4. The maximum absolute atomic E-state index is 10.7. The molecule has 0 aliphatic rings. The second-order valence-corrected chi connectivity index (χ2v) is 11.0. The summed E-state index contributed by atoms with van der Waals surface area (Å²) in [6, 6.07) is 11.7. The molecule has 0 radical (unpaired) electrons. The van der Waals surface area contributed by atoms with Gasteiger partial charge in [-0.2, -0.15) is 12.9 Å². The number of phenols is 4. The Morgan fingerprint density at radius 3 is 0.879 bits per heavy atom. The van der Waals surface area contributed by atoms with E-state index in [0.717, 1.165) is 0 Å². The van der Waals surface area contributed by atoms with Gasteiger partial charge in [0.05, 0.1) is 0 Å². The fourth-order valence-corrected chi connectivity index (χ4v) is 5.38. The average molecular weight is 558 g/mol. The van der Waals surface area contributed by atoms with Crippen LogP contribution >= 0.6 is 31.3 Å². The van der Waals surface area contributed by atoms with E-state index in [0.29, 0.717) is 0 Å².